The van der Waals surface area contributed by atoms with Crippen LogP contribution in [0.4, 0.5) is 18.0 Å². The summed E-state index contributed by atoms with van der Waals surface area (Å²) in [4.78, 5) is 10.9. The lowest BCUT2D eigenvalue weighted by atomic mass is 10.2. The van der Waals surface area contributed by atoms with Gasteiger partial charge >= 0.3 is 12.3 Å². The molecule has 0 spiro atoms. The molecular formula is C7H6F3NO2. The number of carboxylic acid groups (broad SMARTS) is 1. The van der Waals surface area contributed by atoms with Crippen LogP contribution in [-0.2, 0) is 0 Å². The van der Waals surface area contributed by atoms with Crippen LogP contribution in [0, 0.1) is 0 Å². The number of rotatable bonds is 0. The fraction of sp³-hybridized carbons (Fsp3) is 0.286. The molecule has 0 aromatic heterocycles. The quantitative estimate of drug-likeness (QED) is 0.639. The third-order valence-electron chi connectivity index (χ3n) is 1.47. The maximum atomic E-state index is 12.0. The molecule has 1 amide bonds. The molecule has 1 rings (SSSR count). The molecule has 3 nitrogen and oxygen atoms in total. The normalized spacial score (nSPS) is 17.2. The SMILES string of the molecule is O=C(O)N1C=C(C(F)(F)F)C=CC1. The van der Waals surface area contributed by atoms with Crippen molar-refractivity contribution in [3.05, 3.63) is 23.9 Å². The summed E-state index contributed by atoms with van der Waals surface area (Å²) < 4.78 is 36.1. The predicted molar refractivity (Wildman–Crippen MR) is 38.0 cm³/mol. The maximum Gasteiger partial charge on any atom is 0.417 e. The van der Waals surface area contributed by atoms with Gasteiger partial charge in [0.15, 0.2) is 0 Å². The first-order valence-corrected chi connectivity index (χ1v) is 3.36. The molecule has 0 fully saturated rings. The Morgan fingerprint density at radius 1 is 1.54 bits per heavy atom. The Morgan fingerprint density at radius 2 is 2.15 bits per heavy atom. The fourth-order valence-corrected chi connectivity index (χ4v) is 0.858. The molecule has 6 heteroatoms. The summed E-state index contributed by atoms with van der Waals surface area (Å²) in [5.41, 5.74) is -0.957. The smallest absolute Gasteiger partial charge is 0.417 e. The highest BCUT2D eigenvalue weighted by molar-refractivity contribution is 5.67. The molecule has 0 aromatic carbocycles. The second-order valence-corrected chi connectivity index (χ2v) is 2.42. The van der Waals surface area contributed by atoms with Crippen molar-refractivity contribution in [1.29, 1.82) is 0 Å². The number of allylic oxidation sites excluding steroid dienone is 2. The van der Waals surface area contributed by atoms with Crippen LogP contribution in [0.15, 0.2) is 23.9 Å². The summed E-state index contributed by atoms with van der Waals surface area (Å²) in [7, 11) is 0. The van der Waals surface area contributed by atoms with Crippen molar-refractivity contribution in [2.24, 2.45) is 0 Å². The minimum atomic E-state index is -4.50. The van der Waals surface area contributed by atoms with Crippen molar-refractivity contribution in [2.75, 3.05) is 6.54 Å². The lowest BCUT2D eigenvalue weighted by Gasteiger charge is -2.19. The Hall–Kier alpha value is -1.46. The Kier molecular flexibility index (Phi) is 2.31. The fourth-order valence-electron chi connectivity index (χ4n) is 0.858. The molecule has 1 aliphatic rings. The second kappa shape index (κ2) is 3.12. The van der Waals surface area contributed by atoms with E-state index in [1.807, 2.05) is 0 Å². The highest BCUT2D eigenvalue weighted by Crippen LogP contribution is 2.28. The van der Waals surface area contributed by atoms with Crippen LogP contribution in [0.25, 0.3) is 0 Å². The van der Waals surface area contributed by atoms with Gasteiger partial charge < -0.3 is 5.11 Å². The summed E-state index contributed by atoms with van der Waals surface area (Å²) in [6.07, 6.45) is -3.31. The summed E-state index contributed by atoms with van der Waals surface area (Å²) in [6, 6.07) is 0. The molecule has 0 radical (unpaired) electrons. The van der Waals surface area contributed by atoms with E-state index in [0.717, 1.165) is 12.2 Å². The average molecular weight is 193 g/mol. The molecule has 1 heterocycles. The average Bonchev–Trinajstić information content (AvgIpc) is 2.03. The first kappa shape index (κ1) is 9.63. The van der Waals surface area contributed by atoms with Gasteiger partial charge in [0.2, 0.25) is 0 Å². The molecule has 0 bridgehead atoms. The van der Waals surface area contributed by atoms with E-state index >= 15 is 0 Å². The van der Waals surface area contributed by atoms with Gasteiger partial charge in [0, 0.05) is 12.7 Å². The summed E-state index contributed by atoms with van der Waals surface area (Å²) in [5.74, 6) is 0. The monoisotopic (exact) mass is 193 g/mol. The molecule has 0 unspecified atom stereocenters. The van der Waals surface area contributed by atoms with Crippen LogP contribution in [0.3, 0.4) is 0 Å². The van der Waals surface area contributed by atoms with Gasteiger partial charge in [0.25, 0.3) is 0 Å². The molecule has 1 N–H and O–H groups in total. The van der Waals surface area contributed by atoms with Crippen molar-refractivity contribution in [2.45, 2.75) is 6.18 Å². The second-order valence-electron chi connectivity index (χ2n) is 2.42. The molecule has 13 heavy (non-hydrogen) atoms. The van der Waals surface area contributed by atoms with Gasteiger partial charge in [-0.2, -0.15) is 13.2 Å². The molecule has 72 valence electrons. The van der Waals surface area contributed by atoms with Crippen molar-refractivity contribution in [3.63, 3.8) is 0 Å². The van der Waals surface area contributed by atoms with Crippen LogP contribution in [0.2, 0.25) is 0 Å². The molecule has 0 atom stereocenters. The zero-order valence-electron chi connectivity index (χ0n) is 6.38. The number of carbonyl (C=O) groups is 1. The van der Waals surface area contributed by atoms with E-state index in [4.69, 9.17) is 5.11 Å². The zero-order valence-corrected chi connectivity index (χ0v) is 6.38. The molecule has 0 aliphatic carbocycles. The van der Waals surface area contributed by atoms with Crippen molar-refractivity contribution < 1.29 is 23.1 Å². The van der Waals surface area contributed by atoms with Crippen molar-refractivity contribution >= 4 is 6.09 Å². The van der Waals surface area contributed by atoms with Crippen LogP contribution >= 0.6 is 0 Å². The number of alkyl halides is 3. The van der Waals surface area contributed by atoms with E-state index in [-0.39, 0.29) is 6.54 Å². The third kappa shape index (κ3) is 2.24. The van der Waals surface area contributed by atoms with E-state index in [2.05, 4.69) is 0 Å². The van der Waals surface area contributed by atoms with Gasteiger partial charge in [-0.25, -0.2) is 4.79 Å². The van der Waals surface area contributed by atoms with Gasteiger partial charge in [-0.1, -0.05) is 12.2 Å². The molecule has 0 saturated carbocycles. The largest absolute Gasteiger partial charge is 0.465 e. The van der Waals surface area contributed by atoms with E-state index < -0.39 is 17.8 Å². The highest BCUT2D eigenvalue weighted by Gasteiger charge is 2.34. The minimum absolute atomic E-state index is 0.0467. The zero-order chi connectivity index (χ0) is 10.1. The lowest BCUT2D eigenvalue weighted by Crippen LogP contribution is -2.28. The Labute approximate surface area is 71.8 Å². The Morgan fingerprint density at radius 3 is 2.62 bits per heavy atom. The van der Waals surface area contributed by atoms with E-state index in [9.17, 15) is 18.0 Å². The molecular weight excluding hydrogens is 187 g/mol. The van der Waals surface area contributed by atoms with Crippen LogP contribution in [-0.4, -0.2) is 28.8 Å². The summed E-state index contributed by atoms with van der Waals surface area (Å²) in [6.45, 7) is -0.0467. The van der Waals surface area contributed by atoms with Crippen LogP contribution < -0.4 is 0 Å². The van der Waals surface area contributed by atoms with Gasteiger partial charge in [0.05, 0.1) is 5.57 Å². The van der Waals surface area contributed by atoms with E-state index in [0.29, 0.717) is 11.1 Å². The van der Waals surface area contributed by atoms with E-state index in [1.165, 1.54) is 0 Å². The maximum absolute atomic E-state index is 12.0. The van der Waals surface area contributed by atoms with Crippen LogP contribution in [0.1, 0.15) is 0 Å². The van der Waals surface area contributed by atoms with Crippen LogP contribution in [0.5, 0.6) is 0 Å². The number of nitrogens with zero attached hydrogens (tertiary/aromatic N) is 1. The van der Waals surface area contributed by atoms with Gasteiger partial charge in [0.1, 0.15) is 0 Å². The predicted octanol–water partition coefficient (Wildman–Crippen LogP) is 1.98. The van der Waals surface area contributed by atoms with E-state index in [1.54, 1.807) is 0 Å². The van der Waals surface area contributed by atoms with Crippen molar-refractivity contribution in [1.82, 2.24) is 4.90 Å². The number of hydrogen-bond acceptors (Lipinski definition) is 1. The topological polar surface area (TPSA) is 40.5 Å². The highest BCUT2D eigenvalue weighted by atomic mass is 19.4. The Bertz CT molecular complexity index is 280. The standard InChI is InChI=1S/C7H6F3NO2/c8-7(9,10)5-2-1-3-11(4-5)6(12)13/h1-2,4H,3H2,(H,12,13). The number of halogens is 3. The minimum Gasteiger partial charge on any atom is -0.465 e. The molecule has 0 saturated heterocycles. The number of hydrogen-bond donors (Lipinski definition) is 1. The molecule has 0 aromatic rings. The van der Waals surface area contributed by atoms with Crippen molar-refractivity contribution in [3.8, 4) is 0 Å². The number of amides is 1. The first-order valence-electron chi connectivity index (χ1n) is 3.36. The first-order chi connectivity index (χ1) is 5.91. The van der Waals surface area contributed by atoms with Gasteiger partial charge in [-0.3, -0.25) is 4.90 Å². The summed E-state index contributed by atoms with van der Waals surface area (Å²) >= 11 is 0. The summed E-state index contributed by atoms with van der Waals surface area (Å²) in [5, 5.41) is 8.40. The third-order valence-corrected chi connectivity index (χ3v) is 1.47. The lowest BCUT2D eigenvalue weighted by molar-refractivity contribution is -0.0893. The van der Waals surface area contributed by atoms with Gasteiger partial charge in [-0.05, 0) is 0 Å². The molecule has 1 aliphatic heterocycles. The Balaban J connectivity index is 2.87. The van der Waals surface area contributed by atoms with Gasteiger partial charge in [-0.15, -0.1) is 0 Å².